The number of rotatable bonds is 12. The minimum absolute atomic E-state index is 0.00959. The van der Waals surface area contributed by atoms with Gasteiger partial charge in [-0.1, -0.05) is 24.3 Å². The molecule has 22 heteroatoms. The Morgan fingerprint density at radius 1 is 0.607 bits per heavy atom. The van der Waals surface area contributed by atoms with Crippen LogP contribution in [0.3, 0.4) is 0 Å². The van der Waals surface area contributed by atoms with Gasteiger partial charge in [-0.25, -0.2) is 41.1 Å². The second kappa shape index (κ2) is 17.6. The zero-order valence-corrected chi connectivity index (χ0v) is 34.5. The molecule has 0 aliphatic carbocycles. The highest BCUT2D eigenvalue weighted by Gasteiger charge is 2.29. The summed E-state index contributed by atoms with van der Waals surface area (Å²) in [5.74, 6) is 0.986. The molecular formula is C39H34N12O8S2. The number of nitrogens with one attached hydrogen (secondary N) is 1. The van der Waals surface area contributed by atoms with Crippen LogP contribution in [0.1, 0.15) is 11.4 Å². The smallest absolute Gasteiger partial charge is 0.267 e. The van der Waals surface area contributed by atoms with Gasteiger partial charge in [-0.05, 0) is 62.4 Å². The summed E-state index contributed by atoms with van der Waals surface area (Å²) in [6.07, 6.45) is 8.45. The van der Waals surface area contributed by atoms with Crippen LogP contribution in [0, 0.1) is 13.8 Å². The molecule has 0 unspecified atom stereocenters. The number of aromatic nitrogens is 10. The van der Waals surface area contributed by atoms with Crippen LogP contribution in [-0.4, -0.2) is 88.4 Å². The molecule has 0 spiro atoms. The van der Waals surface area contributed by atoms with E-state index in [-0.39, 0.29) is 38.9 Å². The summed E-state index contributed by atoms with van der Waals surface area (Å²) >= 11 is 0. The van der Waals surface area contributed by atoms with Crippen molar-refractivity contribution in [2.75, 3.05) is 30.3 Å². The van der Waals surface area contributed by atoms with E-state index >= 15 is 0 Å². The largest absolute Gasteiger partial charge is 0.478 e. The van der Waals surface area contributed by atoms with E-state index in [0.29, 0.717) is 51.1 Å². The van der Waals surface area contributed by atoms with Crippen LogP contribution in [0.2, 0.25) is 0 Å². The molecule has 8 aromatic rings. The number of ether oxygens (including phenoxy) is 2. The Morgan fingerprint density at radius 3 is 1.59 bits per heavy atom. The summed E-state index contributed by atoms with van der Waals surface area (Å²) in [6.45, 7) is 3.47. The molecule has 0 fully saturated rings. The monoisotopic (exact) mass is 862 g/mol. The van der Waals surface area contributed by atoms with E-state index in [2.05, 4.69) is 55.0 Å². The summed E-state index contributed by atoms with van der Waals surface area (Å²) in [5, 5.41) is 15.0. The van der Waals surface area contributed by atoms with Crippen LogP contribution >= 0.6 is 0 Å². The first-order valence-corrected chi connectivity index (χ1v) is 20.7. The minimum atomic E-state index is -4.03. The van der Waals surface area contributed by atoms with Gasteiger partial charge in [-0.2, -0.15) is 0 Å². The fourth-order valence-corrected chi connectivity index (χ4v) is 8.19. The van der Waals surface area contributed by atoms with Crippen LogP contribution < -0.4 is 18.5 Å². The molecule has 0 radical (unpaired) electrons. The maximum Gasteiger partial charge on any atom is 0.267 e. The van der Waals surface area contributed by atoms with Gasteiger partial charge >= 0.3 is 0 Å². The molecule has 0 saturated heterocycles. The first-order chi connectivity index (χ1) is 29.4. The third kappa shape index (κ3) is 8.99. The van der Waals surface area contributed by atoms with Gasteiger partial charge in [0.15, 0.2) is 0 Å². The molecule has 0 bridgehead atoms. The van der Waals surface area contributed by atoms with Crippen molar-refractivity contribution in [3.63, 3.8) is 0 Å². The van der Waals surface area contributed by atoms with Crippen LogP contribution in [0.25, 0.3) is 45.4 Å². The molecule has 310 valence electrons. The number of pyridine rings is 2. The number of nitrogens with zero attached hydrogens (tertiary/aromatic N) is 11. The number of benzene rings is 2. The standard InChI is InChI=1S/C20H18N6O4S.C19H16N6O4S/c1-13-11-22-18(20(24-13)29-3)26(2)31(27,28)16-5-4-10-21-17(16)14-6-8-15(9-7-14)19-25-23-12-30-19;1-12-10-21-17(19(23-12)28-2)25-30(26,27)15-4-3-9-20-16(15)13-5-7-14(8-6-13)18-24-22-11-29-18/h4-12H,1-3H3;3-11H,1-2H3,(H,21,25). The molecule has 0 atom stereocenters. The van der Waals surface area contributed by atoms with Crippen LogP contribution in [0.15, 0.2) is 129 Å². The number of sulfonamides is 2. The SMILES string of the molecule is COc1nc(C)cnc1N(C)S(=O)(=O)c1cccnc1-c1ccc(-c2nnco2)cc1.COc1nc(C)cnc1NS(=O)(=O)c1cccnc1-c1ccc(-c2nnco2)cc1. The molecule has 0 amide bonds. The molecule has 1 N–H and O–H groups in total. The summed E-state index contributed by atoms with van der Waals surface area (Å²) in [7, 11) is -3.85. The average Bonchev–Trinajstić information content (AvgIpc) is 4.04. The van der Waals surface area contributed by atoms with Gasteiger partial charge in [0.25, 0.3) is 31.8 Å². The van der Waals surface area contributed by atoms with Gasteiger partial charge in [0.2, 0.25) is 36.2 Å². The highest BCUT2D eigenvalue weighted by Crippen LogP contribution is 2.33. The van der Waals surface area contributed by atoms with E-state index in [4.69, 9.17) is 18.3 Å². The number of anilines is 2. The second-order valence-electron chi connectivity index (χ2n) is 12.6. The van der Waals surface area contributed by atoms with E-state index in [1.54, 1.807) is 74.5 Å². The molecule has 0 aliphatic rings. The Morgan fingerprint density at radius 2 is 1.08 bits per heavy atom. The van der Waals surface area contributed by atoms with Gasteiger partial charge in [-0.3, -0.25) is 14.7 Å². The lowest BCUT2D eigenvalue weighted by atomic mass is 10.1. The van der Waals surface area contributed by atoms with Gasteiger partial charge in [0.1, 0.15) is 9.79 Å². The Balaban J connectivity index is 0.000000184. The zero-order valence-electron chi connectivity index (χ0n) is 32.9. The lowest BCUT2D eigenvalue weighted by molar-refractivity contribution is 0.396. The molecule has 2 aromatic carbocycles. The normalized spacial score (nSPS) is 11.3. The Hall–Kier alpha value is -7.72. The third-order valence-corrected chi connectivity index (χ3v) is 11.8. The van der Waals surface area contributed by atoms with Crippen molar-refractivity contribution in [3.05, 3.63) is 122 Å². The van der Waals surface area contributed by atoms with Gasteiger partial charge in [0, 0.05) is 41.7 Å². The molecule has 20 nitrogen and oxygen atoms in total. The minimum Gasteiger partial charge on any atom is -0.478 e. The van der Waals surface area contributed by atoms with E-state index in [9.17, 15) is 16.8 Å². The first-order valence-electron chi connectivity index (χ1n) is 17.8. The molecule has 6 heterocycles. The van der Waals surface area contributed by atoms with Crippen molar-refractivity contribution < 1.29 is 35.1 Å². The second-order valence-corrected chi connectivity index (χ2v) is 16.2. The molecule has 6 aromatic heterocycles. The number of methoxy groups -OCH3 is 2. The average molecular weight is 863 g/mol. The van der Waals surface area contributed by atoms with Crippen molar-refractivity contribution in [1.82, 2.24) is 50.3 Å². The van der Waals surface area contributed by atoms with E-state index in [1.165, 1.54) is 71.0 Å². The Labute approximate surface area is 348 Å². The van der Waals surface area contributed by atoms with Crippen molar-refractivity contribution in [2.24, 2.45) is 0 Å². The molecular weight excluding hydrogens is 829 g/mol. The number of hydrogen-bond donors (Lipinski definition) is 1. The predicted octanol–water partition coefficient (Wildman–Crippen LogP) is 5.44. The topological polar surface area (TPSA) is 257 Å². The van der Waals surface area contributed by atoms with E-state index in [1.807, 2.05) is 0 Å². The lowest BCUT2D eigenvalue weighted by Gasteiger charge is -2.21. The lowest BCUT2D eigenvalue weighted by Crippen LogP contribution is -2.28. The van der Waals surface area contributed by atoms with E-state index < -0.39 is 20.0 Å². The third-order valence-electron chi connectivity index (χ3n) is 8.62. The Bertz CT molecular complexity index is 2990. The van der Waals surface area contributed by atoms with Crippen molar-refractivity contribution >= 4 is 31.7 Å². The maximum absolute atomic E-state index is 13.5. The fraction of sp³-hybridized carbons (Fsp3) is 0.128. The molecule has 0 aliphatic heterocycles. The highest BCUT2D eigenvalue weighted by atomic mass is 32.2. The maximum atomic E-state index is 13.5. The zero-order chi connectivity index (χ0) is 43.1. The number of aryl methyl sites for hydroxylation is 2. The highest BCUT2D eigenvalue weighted by molar-refractivity contribution is 7.93. The summed E-state index contributed by atoms with van der Waals surface area (Å²) in [4.78, 5) is 25.2. The van der Waals surface area contributed by atoms with Crippen molar-refractivity contribution in [1.29, 1.82) is 0 Å². The van der Waals surface area contributed by atoms with Crippen molar-refractivity contribution in [2.45, 2.75) is 23.6 Å². The van der Waals surface area contributed by atoms with Gasteiger partial charge in [0.05, 0.1) is 49.4 Å². The fourth-order valence-electron chi connectivity index (χ4n) is 5.69. The summed E-state index contributed by atoms with van der Waals surface area (Å²) in [6, 6.07) is 20.0. The van der Waals surface area contributed by atoms with E-state index in [0.717, 1.165) is 4.31 Å². The first kappa shape index (κ1) is 41.4. The summed E-state index contributed by atoms with van der Waals surface area (Å²) < 4.78 is 77.3. The van der Waals surface area contributed by atoms with Gasteiger partial charge < -0.3 is 18.3 Å². The quantitative estimate of drug-likeness (QED) is 0.160. The molecule has 61 heavy (non-hydrogen) atoms. The van der Waals surface area contributed by atoms with Crippen LogP contribution in [0.5, 0.6) is 11.8 Å². The summed E-state index contributed by atoms with van der Waals surface area (Å²) in [5.41, 5.74) is 4.39. The van der Waals surface area contributed by atoms with Gasteiger partial charge in [-0.15, -0.1) is 20.4 Å². The van der Waals surface area contributed by atoms with Crippen LogP contribution in [-0.2, 0) is 20.0 Å². The Kier molecular flexibility index (Phi) is 12.0. The molecule has 0 saturated carbocycles. The number of hydrogen-bond acceptors (Lipinski definition) is 18. The van der Waals surface area contributed by atoms with Crippen LogP contribution in [0.4, 0.5) is 11.6 Å². The van der Waals surface area contributed by atoms with Crippen molar-refractivity contribution in [3.8, 4) is 57.2 Å². The molecule has 8 rings (SSSR count). The predicted molar refractivity (Wildman–Crippen MR) is 219 cm³/mol.